The number of nitrogens with zero attached hydrogens (tertiary/aromatic N) is 3. The van der Waals surface area contributed by atoms with Crippen molar-refractivity contribution >= 4 is 29.3 Å². The molecule has 1 aromatic heterocycles. The molecule has 1 rings (SSSR count). The number of aromatic nitrogens is 2. The zero-order valence-corrected chi connectivity index (χ0v) is 15.0. The molecule has 0 spiro atoms. The lowest BCUT2D eigenvalue weighted by Crippen LogP contribution is -2.38. The quantitative estimate of drug-likeness (QED) is 0.230. The summed E-state index contributed by atoms with van der Waals surface area (Å²) in [5, 5.41) is 1.15. The Morgan fingerprint density at radius 2 is 1.88 bits per heavy atom. The number of unbranched alkanes of at least 4 members (excludes halogenated alkanes) is 3. The third kappa shape index (κ3) is 8.20. The Kier molecular flexibility index (Phi) is 9.09. The van der Waals surface area contributed by atoms with Crippen LogP contribution in [0, 0.1) is 0 Å². The summed E-state index contributed by atoms with van der Waals surface area (Å²) < 4.78 is 5.00. The second kappa shape index (κ2) is 11.1. The minimum Gasteiger partial charge on any atom is -0.462 e. The van der Waals surface area contributed by atoms with Gasteiger partial charge in [0.25, 0.3) is 0 Å². The molecule has 25 heavy (non-hydrogen) atoms. The number of carbonyl (C=O) groups is 2. The van der Waals surface area contributed by atoms with Crippen molar-refractivity contribution < 1.29 is 19.2 Å². The number of ether oxygens (including phenoxy) is 1. The summed E-state index contributed by atoms with van der Waals surface area (Å²) in [4.78, 5) is 35.8. The lowest BCUT2D eigenvalue weighted by atomic mass is 10.2. The molecule has 0 atom stereocenters. The molecular formula is C16H22N4O4S. The molecule has 8 nitrogen and oxygen atoms in total. The first-order valence-corrected chi connectivity index (χ1v) is 8.19. The average Bonchev–Trinajstić information content (AvgIpc) is 2.59. The summed E-state index contributed by atoms with van der Waals surface area (Å²) in [6, 6.07) is 0. The smallest absolute Gasteiger partial charge is 0.366 e. The number of nitrogens with two attached hydrogens (primary N) is 1. The molecule has 0 amide bonds. The second-order valence-electron chi connectivity index (χ2n) is 5.28. The van der Waals surface area contributed by atoms with E-state index < -0.39 is 5.97 Å². The average molecular weight is 366 g/mol. The van der Waals surface area contributed by atoms with Gasteiger partial charge in [-0.25, -0.2) is 19.6 Å². The summed E-state index contributed by atoms with van der Waals surface area (Å²) in [6.45, 7) is 5.85. The normalized spacial score (nSPS) is 9.96. The molecule has 0 saturated carbocycles. The molecule has 0 saturated heterocycles. The molecule has 0 radical (unpaired) electrons. The van der Waals surface area contributed by atoms with Crippen LogP contribution in [0.25, 0.3) is 0 Å². The molecule has 0 aromatic carbocycles. The van der Waals surface area contributed by atoms with Crippen molar-refractivity contribution in [3.8, 4) is 0 Å². The Morgan fingerprint density at radius 3 is 2.48 bits per heavy atom. The summed E-state index contributed by atoms with van der Waals surface area (Å²) in [7, 11) is 0. The molecule has 0 aliphatic carbocycles. The Morgan fingerprint density at radius 1 is 1.24 bits per heavy atom. The SMILES string of the molecule is C=C(C)C(=O)OCCCCCCN(OC(=O)c1cncnc1)C(N)=S. The predicted octanol–water partition coefficient (Wildman–Crippen LogP) is 1.77. The Labute approximate surface area is 152 Å². The largest absolute Gasteiger partial charge is 0.462 e. The fourth-order valence-electron chi connectivity index (χ4n) is 1.76. The highest BCUT2D eigenvalue weighted by atomic mass is 32.1. The van der Waals surface area contributed by atoms with Gasteiger partial charge in [-0.05, 0) is 38.4 Å². The Bertz CT molecular complexity index is 609. The van der Waals surface area contributed by atoms with Gasteiger partial charge in [0.2, 0.25) is 0 Å². The van der Waals surface area contributed by atoms with E-state index in [1.165, 1.54) is 23.8 Å². The van der Waals surface area contributed by atoms with Crippen molar-refractivity contribution in [2.24, 2.45) is 5.73 Å². The van der Waals surface area contributed by atoms with E-state index >= 15 is 0 Å². The van der Waals surface area contributed by atoms with Gasteiger partial charge in [-0.2, -0.15) is 5.06 Å². The van der Waals surface area contributed by atoms with Crippen molar-refractivity contribution in [2.75, 3.05) is 13.2 Å². The molecule has 2 N–H and O–H groups in total. The van der Waals surface area contributed by atoms with E-state index in [0.717, 1.165) is 19.3 Å². The summed E-state index contributed by atoms with van der Waals surface area (Å²) in [6.07, 6.45) is 7.16. The molecule has 0 aliphatic heterocycles. The molecule has 9 heteroatoms. The first kappa shape index (κ1) is 20.5. The van der Waals surface area contributed by atoms with Gasteiger partial charge < -0.3 is 15.3 Å². The molecule has 0 fully saturated rings. The molecule has 0 bridgehead atoms. The zero-order chi connectivity index (χ0) is 18.7. The second-order valence-corrected chi connectivity index (χ2v) is 5.69. The van der Waals surface area contributed by atoms with Gasteiger partial charge in [-0.15, -0.1) is 0 Å². The predicted molar refractivity (Wildman–Crippen MR) is 95.2 cm³/mol. The summed E-state index contributed by atoms with van der Waals surface area (Å²) in [5.41, 5.74) is 6.17. The van der Waals surface area contributed by atoms with Crippen LogP contribution < -0.4 is 5.73 Å². The molecule has 0 unspecified atom stereocenters. The van der Waals surface area contributed by atoms with Gasteiger partial charge in [0.15, 0.2) is 5.11 Å². The number of hydrogen-bond acceptors (Lipinski definition) is 7. The van der Waals surface area contributed by atoms with Crippen LogP contribution in [0.4, 0.5) is 0 Å². The zero-order valence-electron chi connectivity index (χ0n) is 14.1. The van der Waals surface area contributed by atoms with Crippen molar-refractivity contribution in [3.05, 3.63) is 36.4 Å². The van der Waals surface area contributed by atoms with E-state index in [1.807, 2.05) is 0 Å². The lowest BCUT2D eigenvalue weighted by molar-refractivity contribution is -0.139. The van der Waals surface area contributed by atoms with Crippen molar-refractivity contribution in [1.29, 1.82) is 0 Å². The van der Waals surface area contributed by atoms with Crippen LogP contribution in [0.1, 0.15) is 43.0 Å². The minimum atomic E-state index is -0.625. The number of carbonyl (C=O) groups excluding carboxylic acids is 2. The fraction of sp³-hybridized carbons (Fsp3) is 0.438. The van der Waals surface area contributed by atoms with E-state index in [9.17, 15) is 9.59 Å². The van der Waals surface area contributed by atoms with Crippen LogP contribution in [0.2, 0.25) is 0 Å². The molecule has 0 aliphatic rings. The molecule has 136 valence electrons. The van der Waals surface area contributed by atoms with E-state index in [-0.39, 0.29) is 16.6 Å². The van der Waals surface area contributed by atoms with Crippen molar-refractivity contribution in [3.63, 3.8) is 0 Å². The standard InChI is InChI=1S/C16H22N4O4S/c1-12(2)14(21)23-8-6-4-3-5-7-20(16(17)25)24-15(22)13-9-18-11-19-10-13/h9-11H,1,3-8H2,2H3,(H2,17,25). The Balaban J connectivity index is 2.25. The minimum absolute atomic E-state index is 0.0272. The van der Waals surface area contributed by atoms with E-state index in [2.05, 4.69) is 16.5 Å². The number of hydroxylamine groups is 2. The van der Waals surface area contributed by atoms with Gasteiger partial charge in [-0.3, -0.25) is 0 Å². The van der Waals surface area contributed by atoms with Gasteiger partial charge in [-0.1, -0.05) is 13.0 Å². The maximum Gasteiger partial charge on any atom is 0.366 e. The highest BCUT2D eigenvalue weighted by Gasteiger charge is 2.15. The third-order valence-corrected chi connectivity index (χ3v) is 3.28. The van der Waals surface area contributed by atoms with Crippen LogP contribution in [0.3, 0.4) is 0 Å². The molecular weight excluding hydrogens is 344 g/mol. The highest BCUT2D eigenvalue weighted by molar-refractivity contribution is 7.80. The van der Waals surface area contributed by atoms with Gasteiger partial charge in [0, 0.05) is 18.0 Å². The monoisotopic (exact) mass is 366 g/mol. The van der Waals surface area contributed by atoms with E-state index in [1.54, 1.807) is 6.92 Å². The van der Waals surface area contributed by atoms with Crippen LogP contribution in [0.5, 0.6) is 0 Å². The molecule has 1 heterocycles. The van der Waals surface area contributed by atoms with E-state index in [0.29, 0.717) is 25.1 Å². The number of hydrogen-bond donors (Lipinski definition) is 1. The van der Waals surface area contributed by atoms with Crippen LogP contribution >= 0.6 is 12.2 Å². The maximum absolute atomic E-state index is 11.9. The van der Waals surface area contributed by atoms with Gasteiger partial charge in [0.1, 0.15) is 6.33 Å². The molecule has 1 aromatic rings. The Hall–Kier alpha value is -2.55. The number of thiocarbonyl (C=S) groups is 1. The topological polar surface area (TPSA) is 108 Å². The van der Waals surface area contributed by atoms with E-state index in [4.69, 9.17) is 27.5 Å². The van der Waals surface area contributed by atoms with Crippen LogP contribution in [0.15, 0.2) is 30.9 Å². The van der Waals surface area contributed by atoms with Crippen LogP contribution in [-0.2, 0) is 14.4 Å². The fourth-order valence-corrected chi connectivity index (χ4v) is 1.89. The summed E-state index contributed by atoms with van der Waals surface area (Å²) >= 11 is 4.89. The number of esters is 1. The lowest BCUT2D eigenvalue weighted by Gasteiger charge is -2.20. The highest BCUT2D eigenvalue weighted by Crippen LogP contribution is 2.06. The van der Waals surface area contributed by atoms with Crippen molar-refractivity contribution in [1.82, 2.24) is 15.0 Å². The first-order chi connectivity index (χ1) is 11.9. The van der Waals surface area contributed by atoms with Crippen molar-refractivity contribution in [2.45, 2.75) is 32.6 Å². The third-order valence-electron chi connectivity index (χ3n) is 3.07. The van der Waals surface area contributed by atoms with Gasteiger partial charge in [0.05, 0.1) is 18.7 Å². The van der Waals surface area contributed by atoms with Gasteiger partial charge >= 0.3 is 11.9 Å². The van der Waals surface area contributed by atoms with Crippen LogP contribution in [-0.4, -0.2) is 45.2 Å². The number of rotatable bonds is 9. The maximum atomic E-state index is 11.9. The summed E-state index contributed by atoms with van der Waals surface area (Å²) in [5.74, 6) is -1.00. The first-order valence-electron chi connectivity index (χ1n) is 7.78.